The number of amides is 1. The molecule has 7 heteroatoms. The third-order valence-corrected chi connectivity index (χ3v) is 4.57. The van der Waals surface area contributed by atoms with E-state index in [9.17, 15) is 14.4 Å². The zero-order valence-corrected chi connectivity index (χ0v) is 16.0. The Morgan fingerprint density at radius 1 is 0.929 bits per heavy atom. The highest BCUT2D eigenvalue weighted by molar-refractivity contribution is 6.05. The maximum atomic E-state index is 12.5. The van der Waals surface area contributed by atoms with Gasteiger partial charge in [-0.1, -0.05) is 29.8 Å². The van der Waals surface area contributed by atoms with E-state index < -0.39 is 0 Å². The maximum absolute atomic E-state index is 12.5. The number of carbonyl (C=O) groups is 1. The molecule has 2 N–H and O–H groups in total. The van der Waals surface area contributed by atoms with Crippen LogP contribution in [-0.2, 0) is 20.6 Å². The SMILES string of the molecule is Cc1ccc(C(=O)Nc2ccccc2NCc2cc(=O)n(C)c(=O)n2C)cc1. The molecule has 3 rings (SSSR count). The second-order valence-corrected chi connectivity index (χ2v) is 6.59. The van der Waals surface area contributed by atoms with Gasteiger partial charge in [0.2, 0.25) is 0 Å². The number of benzene rings is 2. The van der Waals surface area contributed by atoms with Crippen LogP contribution in [0.3, 0.4) is 0 Å². The fourth-order valence-electron chi connectivity index (χ4n) is 2.78. The molecule has 0 aliphatic heterocycles. The molecule has 0 aliphatic carbocycles. The van der Waals surface area contributed by atoms with Gasteiger partial charge in [0, 0.05) is 31.4 Å². The quantitative estimate of drug-likeness (QED) is 0.713. The Kier molecular flexibility index (Phi) is 5.44. The Labute approximate surface area is 162 Å². The summed E-state index contributed by atoms with van der Waals surface area (Å²) in [6.07, 6.45) is 0. The number of aryl methyl sites for hydroxylation is 1. The minimum absolute atomic E-state index is 0.213. The van der Waals surface area contributed by atoms with Gasteiger partial charge in [0.1, 0.15) is 0 Å². The number of carbonyl (C=O) groups excluding carboxylic acids is 1. The monoisotopic (exact) mass is 378 g/mol. The Balaban J connectivity index is 1.80. The molecule has 1 amide bonds. The molecule has 2 aromatic carbocycles. The van der Waals surface area contributed by atoms with E-state index in [0.29, 0.717) is 22.6 Å². The fraction of sp³-hybridized carbons (Fsp3) is 0.190. The maximum Gasteiger partial charge on any atom is 0.330 e. The van der Waals surface area contributed by atoms with Crippen LogP contribution in [0, 0.1) is 6.92 Å². The summed E-state index contributed by atoms with van der Waals surface area (Å²) >= 11 is 0. The van der Waals surface area contributed by atoms with Crippen LogP contribution in [0.5, 0.6) is 0 Å². The number of nitrogens with one attached hydrogen (secondary N) is 2. The van der Waals surface area contributed by atoms with E-state index in [0.717, 1.165) is 10.1 Å². The topological polar surface area (TPSA) is 85.1 Å². The van der Waals surface area contributed by atoms with Crippen molar-refractivity contribution in [3.63, 3.8) is 0 Å². The van der Waals surface area contributed by atoms with E-state index in [4.69, 9.17) is 0 Å². The van der Waals surface area contributed by atoms with Gasteiger partial charge in [-0.3, -0.25) is 18.7 Å². The number of aromatic nitrogens is 2. The zero-order chi connectivity index (χ0) is 20.3. The Hall–Kier alpha value is -3.61. The zero-order valence-electron chi connectivity index (χ0n) is 16.0. The molecule has 0 radical (unpaired) electrons. The van der Waals surface area contributed by atoms with Crippen LogP contribution in [-0.4, -0.2) is 15.0 Å². The number of para-hydroxylation sites is 2. The summed E-state index contributed by atoms with van der Waals surface area (Å²) < 4.78 is 2.47. The first-order chi connectivity index (χ1) is 13.4. The second kappa shape index (κ2) is 7.96. The van der Waals surface area contributed by atoms with Crippen molar-refractivity contribution in [1.82, 2.24) is 9.13 Å². The van der Waals surface area contributed by atoms with E-state index in [1.54, 1.807) is 25.2 Å². The fourth-order valence-corrected chi connectivity index (χ4v) is 2.78. The van der Waals surface area contributed by atoms with Crippen LogP contribution >= 0.6 is 0 Å². The highest BCUT2D eigenvalue weighted by Crippen LogP contribution is 2.22. The average molecular weight is 378 g/mol. The van der Waals surface area contributed by atoms with Gasteiger partial charge < -0.3 is 10.6 Å². The van der Waals surface area contributed by atoms with Crippen molar-refractivity contribution in [2.75, 3.05) is 10.6 Å². The van der Waals surface area contributed by atoms with Gasteiger partial charge in [0.25, 0.3) is 11.5 Å². The third kappa shape index (κ3) is 4.03. The van der Waals surface area contributed by atoms with Crippen LogP contribution in [0.1, 0.15) is 21.6 Å². The molecule has 0 saturated carbocycles. The van der Waals surface area contributed by atoms with Crippen molar-refractivity contribution >= 4 is 17.3 Å². The van der Waals surface area contributed by atoms with Gasteiger partial charge in [-0.2, -0.15) is 0 Å². The summed E-state index contributed by atoms with van der Waals surface area (Å²) in [6.45, 7) is 2.23. The largest absolute Gasteiger partial charge is 0.378 e. The Morgan fingerprint density at radius 2 is 1.57 bits per heavy atom. The molecule has 0 fully saturated rings. The molecule has 1 heterocycles. The van der Waals surface area contributed by atoms with Crippen LogP contribution in [0.2, 0.25) is 0 Å². The highest BCUT2D eigenvalue weighted by atomic mass is 16.2. The van der Waals surface area contributed by atoms with Crippen LogP contribution in [0.15, 0.2) is 64.2 Å². The second-order valence-electron chi connectivity index (χ2n) is 6.59. The van der Waals surface area contributed by atoms with E-state index >= 15 is 0 Å². The van der Waals surface area contributed by atoms with E-state index in [-0.39, 0.29) is 23.7 Å². The van der Waals surface area contributed by atoms with Crippen LogP contribution in [0.25, 0.3) is 0 Å². The molecular formula is C21H22N4O3. The van der Waals surface area contributed by atoms with Crippen molar-refractivity contribution in [1.29, 1.82) is 0 Å². The molecule has 0 atom stereocenters. The molecule has 0 saturated heterocycles. The summed E-state index contributed by atoms with van der Waals surface area (Å²) in [5.41, 5.74) is 2.75. The van der Waals surface area contributed by atoms with Crippen molar-refractivity contribution in [3.05, 3.63) is 92.3 Å². The first-order valence-corrected chi connectivity index (χ1v) is 8.83. The summed E-state index contributed by atoms with van der Waals surface area (Å²) in [4.78, 5) is 36.4. The number of hydrogen-bond acceptors (Lipinski definition) is 4. The standard InChI is InChI=1S/C21H22N4O3/c1-14-8-10-15(11-9-14)20(27)23-18-7-5-4-6-17(18)22-13-16-12-19(26)25(3)21(28)24(16)2/h4-12,22H,13H2,1-3H3,(H,23,27). The lowest BCUT2D eigenvalue weighted by Crippen LogP contribution is -2.38. The van der Waals surface area contributed by atoms with Crippen molar-refractivity contribution in [2.45, 2.75) is 13.5 Å². The molecule has 0 spiro atoms. The number of hydrogen-bond donors (Lipinski definition) is 2. The summed E-state index contributed by atoms with van der Waals surface area (Å²) in [5.74, 6) is -0.213. The van der Waals surface area contributed by atoms with Gasteiger partial charge in [0.05, 0.1) is 17.9 Å². The van der Waals surface area contributed by atoms with Gasteiger partial charge in [-0.05, 0) is 31.2 Å². The van der Waals surface area contributed by atoms with E-state index in [1.165, 1.54) is 17.7 Å². The molecule has 144 valence electrons. The first-order valence-electron chi connectivity index (χ1n) is 8.83. The average Bonchev–Trinajstić information content (AvgIpc) is 2.69. The molecule has 28 heavy (non-hydrogen) atoms. The van der Waals surface area contributed by atoms with Gasteiger partial charge in [-0.15, -0.1) is 0 Å². The molecule has 7 nitrogen and oxygen atoms in total. The van der Waals surface area contributed by atoms with Gasteiger partial charge >= 0.3 is 5.69 Å². The van der Waals surface area contributed by atoms with Crippen molar-refractivity contribution < 1.29 is 4.79 Å². The molecule has 0 aliphatic rings. The minimum atomic E-state index is -0.384. The summed E-state index contributed by atoms with van der Waals surface area (Å²) in [6, 6.07) is 16.0. The molecule has 0 bridgehead atoms. The predicted octanol–water partition coefficient (Wildman–Crippen LogP) is 2.26. The van der Waals surface area contributed by atoms with E-state index in [2.05, 4.69) is 10.6 Å². The number of nitrogens with zero attached hydrogens (tertiary/aromatic N) is 2. The van der Waals surface area contributed by atoms with E-state index in [1.807, 2.05) is 37.3 Å². The van der Waals surface area contributed by atoms with Crippen molar-refractivity contribution in [3.8, 4) is 0 Å². The Bertz CT molecular complexity index is 1130. The van der Waals surface area contributed by atoms with Crippen molar-refractivity contribution in [2.24, 2.45) is 14.1 Å². The molecule has 3 aromatic rings. The van der Waals surface area contributed by atoms with Crippen LogP contribution in [0.4, 0.5) is 11.4 Å². The Morgan fingerprint density at radius 3 is 2.25 bits per heavy atom. The minimum Gasteiger partial charge on any atom is -0.378 e. The number of rotatable bonds is 5. The smallest absolute Gasteiger partial charge is 0.330 e. The highest BCUT2D eigenvalue weighted by Gasteiger charge is 2.10. The molecular weight excluding hydrogens is 356 g/mol. The summed E-state index contributed by atoms with van der Waals surface area (Å²) in [7, 11) is 3.06. The molecule has 1 aromatic heterocycles. The van der Waals surface area contributed by atoms with Gasteiger partial charge in [0.15, 0.2) is 0 Å². The normalized spacial score (nSPS) is 10.5. The lowest BCUT2D eigenvalue weighted by atomic mass is 10.1. The van der Waals surface area contributed by atoms with Crippen LogP contribution < -0.4 is 21.9 Å². The lowest BCUT2D eigenvalue weighted by molar-refractivity contribution is 0.102. The number of anilines is 2. The predicted molar refractivity (Wildman–Crippen MR) is 110 cm³/mol. The van der Waals surface area contributed by atoms with Gasteiger partial charge in [-0.25, -0.2) is 4.79 Å². The third-order valence-electron chi connectivity index (χ3n) is 4.57. The lowest BCUT2D eigenvalue weighted by Gasteiger charge is -2.15. The first kappa shape index (κ1) is 19.2. The summed E-state index contributed by atoms with van der Waals surface area (Å²) in [5, 5.41) is 6.08. The molecule has 0 unspecified atom stereocenters.